The third kappa shape index (κ3) is 4.15. The van der Waals surface area contributed by atoms with Crippen LogP contribution in [0.4, 0.5) is 0 Å². The summed E-state index contributed by atoms with van der Waals surface area (Å²) in [6.45, 7) is 4.68. The van der Waals surface area contributed by atoms with Crippen molar-refractivity contribution in [1.82, 2.24) is 4.90 Å². The summed E-state index contributed by atoms with van der Waals surface area (Å²) in [4.78, 5) is 14.4. The average Bonchev–Trinajstić information content (AvgIpc) is 2.48. The first-order chi connectivity index (χ1) is 9.72. The van der Waals surface area contributed by atoms with Crippen molar-refractivity contribution in [3.05, 3.63) is 35.4 Å². The van der Waals surface area contributed by atoms with Crippen LogP contribution in [0, 0.1) is 5.92 Å². The first-order valence-electron chi connectivity index (χ1n) is 7.68. The molecule has 0 bridgehead atoms. The summed E-state index contributed by atoms with van der Waals surface area (Å²) >= 11 is 0. The van der Waals surface area contributed by atoms with Gasteiger partial charge in [0.05, 0.1) is 6.54 Å². The quantitative estimate of drug-likeness (QED) is 0.811. The fraction of sp³-hybridized carbons (Fsp3) is 0.588. The number of piperidine rings is 1. The zero-order chi connectivity index (χ0) is 14.4. The van der Waals surface area contributed by atoms with Gasteiger partial charge in [0.15, 0.2) is 5.78 Å². The Morgan fingerprint density at radius 3 is 2.75 bits per heavy atom. The van der Waals surface area contributed by atoms with Crippen molar-refractivity contribution in [2.24, 2.45) is 5.92 Å². The van der Waals surface area contributed by atoms with Crippen LogP contribution in [-0.4, -0.2) is 42.0 Å². The lowest BCUT2D eigenvalue weighted by Gasteiger charge is -2.31. The molecule has 3 heteroatoms. The van der Waals surface area contributed by atoms with Gasteiger partial charge in [-0.1, -0.05) is 37.6 Å². The van der Waals surface area contributed by atoms with Crippen molar-refractivity contribution in [2.45, 2.75) is 32.6 Å². The minimum atomic E-state index is 0.187. The third-order valence-corrected chi connectivity index (χ3v) is 4.04. The summed E-state index contributed by atoms with van der Waals surface area (Å²) in [5, 5.41) is 9.23. The molecule has 1 aliphatic rings. The van der Waals surface area contributed by atoms with E-state index in [1.165, 1.54) is 5.56 Å². The van der Waals surface area contributed by atoms with E-state index in [1.54, 1.807) is 0 Å². The van der Waals surface area contributed by atoms with E-state index in [0.29, 0.717) is 12.5 Å². The number of nitrogens with zero attached hydrogens (tertiary/aromatic N) is 1. The molecule has 20 heavy (non-hydrogen) atoms. The van der Waals surface area contributed by atoms with Gasteiger partial charge in [-0.15, -0.1) is 0 Å². The summed E-state index contributed by atoms with van der Waals surface area (Å²) in [5.74, 6) is 0.523. The lowest BCUT2D eigenvalue weighted by atomic mass is 9.98. The largest absolute Gasteiger partial charge is 0.396 e. The van der Waals surface area contributed by atoms with Gasteiger partial charge in [0.2, 0.25) is 0 Å². The Kier molecular flexibility index (Phi) is 5.74. The number of carbonyl (C=O) groups excluding carboxylic acids is 1. The van der Waals surface area contributed by atoms with Crippen molar-refractivity contribution >= 4 is 5.78 Å². The Bertz CT molecular complexity index is 427. The Hall–Kier alpha value is -1.19. The van der Waals surface area contributed by atoms with E-state index in [4.69, 9.17) is 0 Å². The second kappa shape index (κ2) is 7.55. The molecule has 1 unspecified atom stereocenters. The summed E-state index contributed by atoms with van der Waals surface area (Å²) < 4.78 is 0. The maximum Gasteiger partial charge on any atom is 0.176 e. The van der Waals surface area contributed by atoms with Crippen LogP contribution in [0.15, 0.2) is 24.3 Å². The maximum absolute atomic E-state index is 12.3. The van der Waals surface area contributed by atoms with Gasteiger partial charge in [-0.3, -0.25) is 9.69 Å². The van der Waals surface area contributed by atoms with Crippen LogP contribution in [0.1, 0.15) is 42.1 Å². The minimum Gasteiger partial charge on any atom is -0.396 e. The molecule has 3 nitrogen and oxygen atoms in total. The Balaban J connectivity index is 1.90. The molecule has 0 aliphatic carbocycles. The molecule has 2 rings (SSSR count). The fourth-order valence-corrected chi connectivity index (χ4v) is 2.88. The van der Waals surface area contributed by atoms with E-state index in [1.807, 2.05) is 12.1 Å². The lowest BCUT2D eigenvalue weighted by molar-refractivity contribution is 0.0833. The smallest absolute Gasteiger partial charge is 0.176 e. The molecule has 0 amide bonds. The van der Waals surface area contributed by atoms with E-state index in [2.05, 4.69) is 24.0 Å². The molecular formula is C17H25NO2. The number of likely N-dealkylation sites (tertiary alicyclic amines) is 1. The monoisotopic (exact) mass is 275 g/mol. The number of aryl methyl sites for hydroxylation is 1. The number of ketones is 1. The normalized spacial score (nSPS) is 20.0. The van der Waals surface area contributed by atoms with E-state index in [9.17, 15) is 9.90 Å². The molecule has 0 saturated carbocycles. The van der Waals surface area contributed by atoms with Crippen LogP contribution in [0.3, 0.4) is 0 Å². The number of Topliss-reactive ketones (excluding diaryl/α,β-unsaturated/α-hetero) is 1. The fourth-order valence-electron chi connectivity index (χ4n) is 2.88. The molecule has 0 spiro atoms. The van der Waals surface area contributed by atoms with Crippen LogP contribution in [0.25, 0.3) is 0 Å². The van der Waals surface area contributed by atoms with Gasteiger partial charge in [-0.25, -0.2) is 0 Å². The molecule has 110 valence electrons. The van der Waals surface area contributed by atoms with Crippen molar-refractivity contribution in [3.63, 3.8) is 0 Å². The highest BCUT2D eigenvalue weighted by atomic mass is 16.3. The predicted molar refractivity (Wildman–Crippen MR) is 81.0 cm³/mol. The highest BCUT2D eigenvalue weighted by molar-refractivity contribution is 5.97. The molecule has 1 N–H and O–H groups in total. The second-order valence-corrected chi connectivity index (χ2v) is 5.80. The molecule has 1 atom stereocenters. The number of rotatable bonds is 6. The molecule has 1 heterocycles. The highest BCUT2D eigenvalue weighted by Crippen LogP contribution is 2.16. The minimum absolute atomic E-state index is 0.187. The number of carbonyl (C=O) groups is 1. The summed E-state index contributed by atoms with van der Waals surface area (Å²) in [6.07, 6.45) is 4.35. The standard InChI is InChI=1S/C17H25NO2/c1-2-4-14-6-8-16(9-7-14)17(20)12-18-10-3-5-15(11-18)13-19/h6-9,15,19H,2-5,10-13H2,1H3. The Labute approximate surface area is 121 Å². The van der Waals surface area contributed by atoms with Gasteiger partial charge in [0.1, 0.15) is 0 Å². The number of hydrogen-bond acceptors (Lipinski definition) is 3. The Morgan fingerprint density at radius 2 is 2.10 bits per heavy atom. The van der Waals surface area contributed by atoms with E-state index < -0.39 is 0 Å². The SMILES string of the molecule is CCCc1ccc(C(=O)CN2CCCC(CO)C2)cc1. The van der Waals surface area contributed by atoms with Gasteiger partial charge in [0.25, 0.3) is 0 Å². The highest BCUT2D eigenvalue weighted by Gasteiger charge is 2.21. The lowest BCUT2D eigenvalue weighted by Crippen LogP contribution is -2.39. The molecule has 1 aliphatic heterocycles. The molecule has 0 aromatic heterocycles. The zero-order valence-electron chi connectivity index (χ0n) is 12.3. The van der Waals surface area contributed by atoms with E-state index in [-0.39, 0.29) is 12.4 Å². The van der Waals surface area contributed by atoms with Crippen LogP contribution >= 0.6 is 0 Å². The first-order valence-corrected chi connectivity index (χ1v) is 7.68. The van der Waals surface area contributed by atoms with Crippen molar-refractivity contribution in [2.75, 3.05) is 26.2 Å². The van der Waals surface area contributed by atoms with Crippen LogP contribution in [0.5, 0.6) is 0 Å². The average molecular weight is 275 g/mol. The molecule has 1 aromatic rings. The molecule has 1 fully saturated rings. The molecule has 1 saturated heterocycles. The number of aliphatic hydroxyl groups excluding tert-OH is 1. The maximum atomic E-state index is 12.3. The third-order valence-electron chi connectivity index (χ3n) is 4.04. The van der Waals surface area contributed by atoms with E-state index >= 15 is 0 Å². The van der Waals surface area contributed by atoms with Crippen LogP contribution < -0.4 is 0 Å². The van der Waals surface area contributed by atoms with Crippen molar-refractivity contribution in [1.29, 1.82) is 0 Å². The second-order valence-electron chi connectivity index (χ2n) is 5.80. The van der Waals surface area contributed by atoms with Gasteiger partial charge in [0, 0.05) is 18.7 Å². The number of benzene rings is 1. The van der Waals surface area contributed by atoms with Crippen molar-refractivity contribution in [3.8, 4) is 0 Å². The van der Waals surface area contributed by atoms with Gasteiger partial charge >= 0.3 is 0 Å². The number of hydrogen-bond donors (Lipinski definition) is 1. The van der Waals surface area contributed by atoms with Gasteiger partial charge in [-0.2, -0.15) is 0 Å². The van der Waals surface area contributed by atoms with Crippen LogP contribution in [-0.2, 0) is 6.42 Å². The molecular weight excluding hydrogens is 250 g/mol. The Morgan fingerprint density at radius 1 is 1.35 bits per heavy atom. The number of aliphatic hydroxyl groups is 1. The van der Waals surface area contributed by atoms with Gasteiger partial charge in [-0.05, 0) is 37.3 Å². The van der Waals surface area contributed by atoms with Crippen molar-refractivity contribution < 1.29 is 9.90 Å². The van der Waals surface area contributed by atoms with Crippen LogP contribution in [0.2, 0.25) is 0 Å². The zero-order valence-corrected chi connectivity index (χ0v) is 12.3. The molecule has 0 radical (unpaired) electrons. The predicted octanol–water partition coefficient (Wildman–Crippen LogP) is 2.53. The summed E-state index contributed by atoms with van der Waals surface area (Å²) in [5.41, 5.74) is 2.10. The first kappa shape index (κ1) is 15.2. The topological polar surface area (TPSA) is 40.5 Å². The van der Waals surface area contributed by atoms with Gasteiger partial charge < -0.3 is 5.11 Å². The molecule has 1 aromatic carbocycles. The van der Waals surface area contributed by atoms with E-state index in [0.717, 1.165) is 44.3 Å². The summed E-state index contributed by atoms with van der Waals surface area (Å²) in [6, 6.07) is 8.01. The summed E-state index contributed by atoms with van der Waals surface area (Å²) in [7, 11) is 0.